The second-order valence-corrected chi connectivity index (χ2v) is 5.95. The van der Waals surface area contributed by atoms with Crippen molar-refractivity contribution >= 4 is 12.0 Å². The number of unbranched alkanes of at least 4 members (excludes halogenated alkanes) is 2. The molecule has 1 saturated heterocycles. The van der Waals surface area contributed by atoms with Crippen LogP contribution in [-0.2, 0) is 4.79 Å². The van der Waals surface area contributed by atoms with Gasteiger partial charge in [-0.3, -0.25) is 4.79 Å². The summed E-state index contributed by atoms with van der Waals surface area (Å²) >= 11 is 0. The minimum absolute atomic E-state index is 0.163. The van der Waals surface area contributed by atoms with Crippen molar-refractivity contribution in [1.29, 1.82) is 0 Å². The summed E-state index contributed by atoms with van der Waals surface area (Å²) in [5.41, 5.74) is -0.305. The maximum absolute atomic E-state index is 12.1. The van der Waals surface area contributed by atoms with Gasteiger partial charge in [0.25, 0.3) is 0 Å². The maximum atomic E-state index is 12.1. The lowest BCUT2D eigenvalue weighted by Gasteiger charge is -2.42. The number of piperidine rings is 1. The highest BCUT2D eigenvalue weighted by atomic mass is 16.3. The molecule has 0 radical (unpaired) electrons. The average molecular weight is 307 g/mol. The maximum Gasteiger partial charge on any atom is 0.246 e. The Balaban J connectivity index is 1.87. The van der Waals surface area contributed by atoms with E-state index < -0.39 is 11.7 Å². The summed E-state index contributed by atoms with van der Waals surface area (Å²) in [6.07, 6.45) is 9.44. The zero-order valence-electron chi connectivity index (χ0n) is 13.0. The number of imidazole rings is 1. The Bertz CT molecular complexity index is 501. The summed E-state index contributed by atoms with van der Waals surface area (Å²) < 4.78 is 0. The first-order chi connectivity index (χ1) is 10.5. The third-order valence-electron chi connectivity index (χ3n) is 4.28. The van der Waals surface area contributed by atoms with E-state index in [9.17, 15) is 15.0 Å². The summed E-state index contributed by atoms with van der Waals surface area (Å²) in [5, 5.41) is 20.7. The van der Waals surface area contributed by atoms with Crippen LogP contribution in [-0.4, -0.2) is 55.8 Å². The Labute approximate surface area is 130 Å². The van der Waals surface area contributed by atoms with E-state index in [-0.39, 0.29) is 12.5 Å². The predicted octanol–water partition coefficient (Wildman–Crippen LogP) is 1.33. The van der Waals surface area contributed by atoms with Gasteiger partial charge in [0.05, 0.1) is 23.8 Å². The van der Waals surface area contributed by atoms with Gasteiger partial charge in [-0.1, -0.05) is 26.2 Å². The topological polar surface area (TPSA) is 89.5 Å². The third-order valence-corrected chi connectivity index (χ3v) is 4.28. The molecule has 22 heavy (non-hydrogen) atoms. The van der Waals surface area contributed by atoms with Crippen LogP contribution in [0.1, 0.15) is 44.7 Å². The molecule has 2 heterocycles. The fraction of sp³-hybridized carbons (Fsp3) is 0.625. The van der Waals surface area contributed by atoms with Crippen LogP contribution in [0.15, 0.2) is 18.6 Å². The van der Waals surface area contributed by atoms with Crippen LogP contribution in [0.25, 0.3) is 6.08 Å². The monoisotopic (exact) mass is 307 g/mol. The van der Waals surface area contributed by atoms with Gasteiger partial charge in [-0.2, -0.15) is 0 Å². The molecule has 1 fully saturated rings. The first-order valence-corrected chi connectivity index (χ1v) is 7.91. The predicted molar refractivity (Wildman–Crippen MR) is 83.9 cm³/mol. The molecule has 6 heteroatoms. The highest BCUT2D eigenvalue weighted by molar-refractivity contribution is 5.91. The molecule has 6 nitrogen and oxygen atoms in total. The largest absolute Gasteiger partial charge is 0.388 e. The van der Waals surface area contributed by atoms with Crippen LogP contribution in [0.3, 0.4) is 0 Å². The molecule has 0 saturated carbocycles. The molecule has 1 aromatic rings. The van der Waals surface area contributed by atoms with Crippen molar-refractivity contribution < 1.29 is 15.0 Å². The molecule has 122 valence electrons. The molecule has 0 aliphatic carbocycles. The second kappa shape index (κ2) is 7.56. The smallest absolute Gasteiger partial charge is 0.246 e. The first kappa shape index (κ1) is 16.7. The third kappa shape index (κ3) is 4.18. The van der Waals surface area contributed by atoms with Crippen LogP contribution < -0.4 is 0 Å². The van der Waals surface area contributed by atoms with E-state index in [2.05, 4.69) is 16.9 Å². The molecule has 3 N–H and O–H groups in total. The second-order valence-electron chi connectivity index (χ2n) is 5.95. The lowest BCUT2D eigenvalue weighted by molar-refractivity contribution is -0.146. The molecule has 1 aromatic heterocycles. The van der Waals surface area contributed by atoms with Crippen LogP contribution in [0.2, 0.25) is 0 Å². The molecule has 0 unspecified atom stereocenters. The molecule has 0 spiro atoms. The number of aliphatic hydroxyl groups excluding tert-OH is 1. The van der Waals surface area contributed by atoms with Crippen molar-refractivity contribution in [3.8, 4) is 0 Å². The standard InChI is InChI=1S/C16H25N3O3/c1-2-3-4-7-16(22)8-9-19(11-14(16)20)15(21)6-5-13-10-17-12-18-13/h5-6,10,12,14,20,22H,2-4,7-9,11H2,1H3,(H,17,18)/b6-5+/t14-,16-/m0/s1. The Kier molecular flexibility index (Phi) is 5.74. The van der Waals surface area contributed by atoms with Crippen LogP contribution in [0.4, 0.5) is 0 Å². The van der Waals surface area contributed by atoms with Crippen molar-refractivity contribution in [3.63, 3.8) is 0 Å². The van der Waals surface area contributed by atoms with Crippen molar-refractivity contribution in [1.82, 2.24) is 14.9 Å². The Hall–Kier alpha value is -1.66. The van der Waals surface area contributed by atoms with Crippen molar-refractivity contribution in [3.05, 3.63) is 24.3 Å². The summed E-state index contributed by atoms with van der Waals surface area (Å²) in [6, 6.07) is 0. The fourth-order valence-electron chi connectivity index (χ4n) is 2.76. The van der Waals surface area contributed by atoms with Crippen LogP contribution >= 0.6 is 0 Å². The SMILES string of the molecule is CCCCC[C@]1(O)CCN(C(=O)/C=C/c2cnc[nH]2)C[C@@H]1O. The van der Waals surface area contributed by atoms with Gasteiger partial charge in [0, 0.05) is 19.2 Å². The summed E-state index contributed by atoms with van der Waals surface area (Å²) in [5.74, 6) is -0.163. The summed E-state index contributed by atoms with van der Waals surface area (Å²) in [7, 11) is 0. The minimum Gasteiger partial charge on any atom is -0.388 e. The van der Waals surface area contributed by atoms with E-state index in [0.29, 0.717) is 19.4 Å². The zero-order chi connectivity index (χ0) is 16.0. The molecule has 2 atom stereocenters. The number of amides is 1. The van der Waals surface area contributed by atoms with Gasteiger partial charge in [0.15, 0.2) is 0 Å². The van der Waals surface area contributed by atoms with Gasteiger partial charge in [-0.25, -0.2) is 4.98 Å². The van der Waals surface area contributed by atoms with Crippen LogP contribution in [0, 0.1) is 0 Å². The molecular formula is C16H25N3O3. The number of aliphatic hydroxyl groups is 2. The number of hydrogen-bond donors (Lipinski definition) is 3. The minimum atomic E-state index is -1.06. The quantitative estimate of drug-likeness (QED) is 0.546. The van der Waals surface area contributed by atoms with Crippen LogP contribution in [0.5, 0.6) is 0 Å². The van der Waals surface area contributed by atoms with Gasteiger partial charge < -0.3 is 20.1 Å². The molecule has 1 amide bonds. The highest BCUT2D eigenvalue weighted by Crippen LogP contribution is 2.28. The normalized spacial score (nSPS) is 25.8. The number of aromatic nitrogens is 2. The van der Waals surface area contributed by atoms with Crippen molar-refractivity contribution in [2.45, 2.75) is 50.7 Å². The van der Waals surface area contributed by atoms with E-state index >= 15 is 0 Å². The number of carbonyl (C=O) groups is 1. The van der Waals surface area contributed by atoms with E-state index in [1.165, 1.54) is 6.08 Å². The highest BCUT2D eigenvalue weighted by Gasteiger charge is 2.40. The number of H-pyrrole nitrogens is 1. The number of β-amino-alcohol motifs (C(OH)–C–C–N with tert-alkyl or cyclic N) is 1. The number of carbonyl (C=O) groups excluding carboxylic acids is 1. The molecule has 1 aliphatic heterocycles. The summed E-state index contributed by atoms with van der Waals surface area (Å²) in [4.78, 5) is 20.5. The Morgan fingerprint density at radius 1 is 1.59 bits per heavy atom. The Morgan fingerprint density at radius 2 is 2.41 bits per heavy atom. The molecule has 0 bridgehead atoms. The van der Waals surface area contributed by atoms with E-state index in [1.54, 1.807) is 23.5 Å². The van der Waals surface area contributed by atoms with E-state index in [1.807, 2.05) is 0 Å². The lowest BCUT2D eigenvalue weighted by atomic mass is 9.84. The Morgan fingerprint density at radius 3 is 3.05 bits per heavy atom. The van der Waals surface area contributed by atoms with Gasteiger partial charge in [-0.05, 0) is 18.9 Å². The number of nitrogens with zero attached hydrogens (tertiary/aromatic N) is 2. The zero-order valence-corrected chi connectivity index (χ0v) is 13.0. The fourth-order valence-corrected chi connectivity index (χ4v) is 2.76. The van der Waals surface area contributed by atoms with Gasteiger partial charge in [0.1, 0.15) is 6.10 Å². The molecular weight excluding hydrogens is 282 g/mol. The lowest BCUT2D eigenvalue weighted by Crippen LogP contribution is -2.56. The van der Waals surface area contributed by atoms with E-state index in [0.717, 1.165) is 25.0 Å². The van der Waals surface area contributed by atoms with E-state index in [4.69, 9.17) is 0 Å². The number of hydrogen-bond acceptors (Lipinski definition) is 4. The summed E-state index contributed by atoms with van der Waals surface area (Å²) in [6.45, 7) is 2.74. The molecule has 0 aromatic carbocycles. The van der Waals surface area contributed by atoms with Crippen molar-refractivity contribution in [2.24, 2.45) is 0 Å². The van der Waals surface area contributed by atoms with Gasteiger partial charge in [-0.15, -0.1) is 0 Å². The average Bonchev–Trinajstić information content (AvgIpc) is 3.01. The number of likely N-dealkylation sites (tertiary alicyclic amines) is 1. The molecule has 1 aliphatic rings. The molecule has 2 rings (SSSR count). The van der Waals surface area contributed by atoms with Gasteiger partial charge in [0.2, 0.25) is 5.91 Å². The number of nitrogens with one attached hydrogen (secondary N) is 1. The number of aromatic amines is 1. The number of rotatable bonds is 6. The first-order valence-electron chi connectivity index (χ1n) is 7.91. The van der Waals surface area contributed by atoms with Gasteiger partial charge >= 0.3 is 0 Å². The van der Waals surface area contributed by atoms with Crippen molar-refractivity contribution in [2.75, 3.05) is 13.1 Å².